The van der Waals surface area contributed by atoms with Gasteiger partial charge in [0.05, 0.1) is 26.0 Å². The number of morpholine rings is 1. The van der Waals surface area contributed by atoms with E-state index in [0.29, 0.717) is 13.2 Å². The van der Waals surface area contributed by atoms with E-state index in [9.17, 15) is 0 Å². The summed E-state index contributed by atoms with van der Waals surface area (Å²) in [7, 11) is 3.62. The summed E-state index contributed by atoms with van der Waals surface area (Å²) < 4.78 is 19.1. The average Bonchev–Trinajstić information content (AvgIpc) is 3.20. The van der Waals surface area contributed by atoms with E-state index in [1.165, 1.54) is 0 Å². The third-order valence-electron chi connectivity index (χ3n) is 5.63. The molecule has 32 heavy (non-hydrogen) atoms. The molecule has 0 bridgehead atoms. The minimum absolute atomic E-state index is 0.0427. The molecule has 0 saturated carbocycles. The molecule has 0 N–H and O–H groups in total. The van der Waals surface area contributed by atoms with Gasteiger partial charge in [-0.3, -0.25) is 9.58 Å². The van der Waals surface area contributed by atoms with E-state index >= 15 is 0 Å². The number of hydrogen-bond acceptors (Lipinski definition) is 7. The van der Waals surface area contributed by atoms with E-state index in [2.05, 4.69) is 27.9 Å². The summed E-state index contributed by atoms with van der Waals surface area (Å²) in [4.78, 5) is 11.2. The van der Waals surface area contributed by atoms with Crippen LogP contribution in [0, 0.1) is 0 Å². The molecule has 0 radical (unpaired) electrons. The van der Waals surface area contributed by atoms with Gasteiger partial charge in [0.25, 0.3) is 0 Å². The number of methoxy groups -OCH3 is 1. The second kappa shape index (κ2) is 10.6. The molecule has 1 saturated heterocycles. The Balaban J connectivity index is 1.32. The van der Waals surface area contributed by atoms with Crippen molar-refractivity contribution in [1.29, 1.82) is 0 Å². The Bertz CT molecular complexity index is 1010. The lowest BCUT2D eigenvalue weighted by molar-refractivity contribution is -0.0352. The van der Waals surface area contributed by atoms with Crippen LogP contribution in [0.1, 0.15) is 35.8 Å². The van der Waals surface area contributed by atoms with Crippen LogP contribution in [0.15, 0.2) is 42.7 Å². The van der Waals surface area contributed by atoms with Crippen LogP contribution < -0.4 is 9.47 Å². The highest BCUT2D eigenvalue weighted by molar-refractivity contribution is 5.32. The lowest BCUT2D eigenvalue weighted by Crippen LogP contribution is -2.38. The maximum absolute atomic E-state index is 6.04. The molecule has 3 aromatic rings. The van der Waals surface area contributed by atoms with Crippen LogP contribution in [0.3, 0.4) is 0 Å². The van der Waals surface area contributed by atoms with Gasteiger partial charge in [0, 0.05) is 69.2 Å². The smallest absolute Gasteiger partial charge is 0.127 e. The highest BCUT2D eigenvalue weighted by Gasteiger charge is 2.25. The van der Waals surface area contributed by atoms with E-state index in [4.69, 9.17) is 19.3 Å². The molecule has 8 heteroatoms. The molecule has 1 aliphatic rings. The van der Waals surface area contributed by atoms with Crippen molar-refractivity contribution in [2.24, 2.45) is 7.05 Å². The Morgan fingerprint density at radius 1 is 1.16 bits per heavy atom. The van der Waals surface area contributed by atoms with Crippen LogP contribution in [0.2, 0.25) is 0 Å². The zero-order valence-corrected chi connectivity index (χ0v) is 19.0. The molecule has 2 aromatic heterocycles. The minimum Gasteiger partial charge on any atom is -0.497 e. The molecule has 4 rings (SSSR count). The summed E-state index contributed by atoms with van der Waals surface area (Å²) in [5.74, 6) is 2.47. The summed E-state index contributed by atoms with van der Waals surface area (Å²) in [5, 5.41) is 4.72. The van der Waals surface area contributed by atoms with Gasteiger partial charge in [-0.25, -0.2) is 9.97 Å². The van der Waals surface area contributed by atoms with Crippen LogP contribution in [-0.4, -0.2) is 58.1 Å². The van der Waals surface area contributed by atoms with E-state index in [1.807, 2.05) is 48.4 Å². The van der Waals surface area contributed by atoms with Crippen molar-refractivity contribution < 1.29 is 14.2 Å². The molecule has 8 nitrogen and oxygen atoms in total. The zero-order valence-electron chi connectivity index (χ0n) is 19.0. The Morgan fingerprint density at radius 2 is 1.97 bits per heavy atom. The molecule has 0 spiro atoms. The fourth-order valence-corrected chi connectivity index (χ4v) is 3.82. The summed E-state index contributed by atoms with van der Waals surface area (Å²) in [6, 6.07) is 9.78. The van der Waals surface area contributed by atoms with Crippen LogP contribution in [-0.2, 0) is 31.2 Å². The molecule has 170 valence electrons. The molecule has 0 aliphatic carbocycles. The number of aromatic nitrogens is 4. The number of ether oxygens (including phenoxy) is 3. The van der Waals surface area contributed by atoms with Crippen molar-refractivity contribution in [3.05, 3.63) is 65.5 Å². The van der Waals surface area contributed by atoms with E-state index in [0.717, 1.165) is 66.8 Å². The lowest BCUT2D eigenvalue weighted by Gasteiger charge is -2.32. The average molecular weight is 438 g/mol. The van der Waals surface area contributed by atoms with Gasteiger partial charge in [-0.2, -0.15) is 5.10 Å². The normalized spacial score (nSPS) is 16.8. The maximum atomic E-state index is 6.04. The third kappa shape index (κ3) is 5.63. The highest BCUT2D eigenvalue weighted by atomic mass is 16.5. The Hall–Kier alpha value is -2.97. The quantitative estimate of drug-likeness (QED) is 0.509. The lowest BCUT2D eigenvalue weighted by atomic mass is 10.1. The van der Waals surface area contributed by atoms with E-state index in [-0.39, 0.29) is 6.10 Å². The van der Waals surface area contributed by atoms with Gasteiger partial charge >= 0.3 is 0 Å². The monoisotopic (exact) mass is 437 g/mol. The van der Waals surface area contributed by atoms with Crippen LogP contribution >= 0.6 is 0 Å². The molecule has 1 fully saturated rings. The van der Waals surface area contributed by atoms with Crippen molar-refractivity contribution in [3.63, 3.8) is 0 Å². The van der Waals surface area contributed by atoms with Gasteiger partial charge < -0.3 is 14.2 Å². The summed E-state index contributed by atoms with van der Waals surface area (Å²) in [5.41, 5.74) is 3.21. The first kappa shape index (κ1) is 22.2. The predicted molar refractivity (Wildman–Crippen MR) is 121 cm³/mol. The number of rotatable bonds is 9. The van der Waals surface area contributed by atoms with Gasteiger partial charge in [0.15, 0.2) is 0 Å². The van der Waals surface area contributed by atoms with E-state index < -0.39 is 0 Å². The van der Waals surface area contributed by atoms with Gasteiger partial charge in [0.1, 0.15) is 23.4 Å². The number of hydrogen-bond donors (Lipinski definition) is 0. The van der Waals surface area contributed by atoms with Gasteiger partial charge in [-0.15, -0.1) is 0 Å². The number of aryl methyl sites for hydroxylation is 2. The van der Waals surface area contributed by atoms with Crippen LogP contribution in [0.5, 0.6) is 11.5 Å². The molecule has 1 aromatic carbocycles. The first-order chi connectivity index (χ1) is 15.6. The van der Waals surface area contributed by atoms with Crippen LogP contribution in [0.4, 0.5) is 0 Å². The second-order valence-electron chi connectivity index (χ2n) is 7.92. The fourth-order valence-electron chi connectivity index (χ4n) is 3.82. The predicted octanol–water partition coefficient (Wildman–Crippen LogP) is 2.98. The van der Waals surface area contributed by atoms with Crippen molar-refractivity contribution in [1.82, 2.24) is 24.6 Å². The Labute approximate surface area is 189 Å². The second-order valence-corrected chi connectivity index (χ2v) is 7.92. The zero-order chi connectivity index (χ0) is 22.3. The van der Waals surface area contributed by atoms with Crippen molar-refractivity contribution in [2.45, 2.75) is 32.4 Å². The maximum Gasteiger partial charge on any atom is 0.127 e. The molecule has 1 unspecified atom stereocenters. The van der Waals surface area contributed by atoms with Crippen LogP contribution in [0.25, 0.3) is 0 Å². The van der Waals surface area contributed by atoms with Gasteiger partial charge in [-0.05, 0) is 18.2 Å². The molecule has 1 atom stereocenters. The Kier molecular flexibility index (Phi) is 7.34. The minimum atomic E-state index is -0.0427. The summed E-state index contributed by atoms with van der Waals surface area (Å²) in [6.45, 7) is 5.82. The standard InChI is InChI=1S/C24H31N5O3/c1-4-24-25-14-18(15-26-24)16-29-9-11-32-23(17-29)22-12-19(28(2)27-22)8-10-31-21-7-5-6-20(13-21)30-3/h5-7,12-15,23H,4,8-11,16-17H2,1-3H3. The topological polar surface area (TPSA) is 74.5 Å². The van der Waals surface area contributed by atoms with Gasteiger partial charge in [0.2, 0.25) is 0 Å². The summed E-state index contributed by atoms with van der Waals surface area (Å²) >= 11 is 0. The van der Waals surface area contributed by atoms with Gasteiger partial charge in [-0.1, -0.05) is 13.0 Å². The van der Waals surface area contributed by atoms with Crippen molar-refractivity contribution >= 4 is 0 Å². The largest absolute Gasteiger partial charge is 0.497 e. The SMILES string of the molecule is CCc1ncc(CN2CCOC(c3cc(CCOc4cccc(OC)c4)n(C)n3)C2)cn1. The fraction of sp³-hybridized carbons (Fsp3) is 0.458. The molecular formula is C24H31N5O3. The molecule has 3 heterocycles. The molecule has 0 amide bonds. The first-order valence-electron chi connectivity index (χ1n) is 11.1. The molecule has 1 aliphatic heterocycles. The first-order valence-corrected chi connectivity index (χ1v) is 11.1. The highest BCUT2D eigenvalue weighted by Crippen LogP contribution is 2.24. The number of nitrogens with zero attached hydrogens (tertiary/aromatic N) is 5. The van der Waals surface area contributed by atoms with E-state index in [1.54, 1.807) is 7.11 Å². The van der Waals surface area contributed by atoms with Crippen molar-refractivity contribution in [3.8, 4) is 11.5 Å². The third-order valence-corrected chi connectivity index (χ3v) is 5.63. The number of benzene rings is 1. The molecular weight excluding hydrogens is 406 g/mol. The van der Waals surface area contributed by atoms with Crippen molar-refractivity contribution in [2.75, 3.05) is 33.4 Å². The summed E-state index contributed by atoms with van der Waals surface area (Å²) in [6.07, 6.45) is 5.43. The Morgan fingerprint density at radius 3 is 2.75 bits per heavy atom.